The van der Waals surface area contributed by atoms with Gasteiger partial charge in [0.1, 0.15) is 0 Å². The van der Waals surface area contributed by atoms with E-state index < -0.39 is 10.0 Å². The maximum Gasteiger partial charge on any atom is 0.244 e. The highest BCUT2D eigenvalue weighted by Gasteiger charge is 2.25. The average Bonchev–Trinajstić information content (AvgIpc) is 2.88. The molecule has 36 heavy (non-hydrogen) atoms. The van der Waals surface area contributed by atoms with Crippen LogP contribution < -0.4 is 0 Å². The number of hydrogen-bond donors (Lipinski definition) is 0. The third kappa shape index (κ3) is 6.68. The van der Waals surface area contributed by atoms with Crippen LogP contribution in [0.2, 0.25) is 10.0 Å². The summed E-state index contributed by atoms with van der Waals surface area (Å²) in [4.78, 5) is 2.44. The van der Waals surface area contributed by atoms with Crippen molar-refractivity contribution in [3.05, 3.63) is 99.5 Å². The molecule has 1 unspecified atom stereocenters. The van der Waals surface area contributed by atoms with Crippen LogP contribution in [-0.2, 0) is 21.3 Å². The van der Waals surface area contributed by atoms with Crippen molar-refractivity contribution in [3.63, 3.8) is 0 Å². The second-order valence-corrected chi connectivity index (χ2v) is 11.4. The summed E-state index contributed by atoms with van der Waals surface area (Å²) in [7, 11) is -3.76. The summed E-state index contributed by atoms with van der Waals surface area (Å²) in [6.07, 6.45) is 0. The lowest BCUT2D eigenvalue weighted by atomic mass is 10.0. The molecule has 1 heterocycles. The monoisotopic (exact) mass is 542 g/mol. The fourth-order valence-corrected chi connectivity index (χ4v) is 5.87. The van der Waals surface area contributed by atoms with E-state index in [1.54, 1.807) is 36.4 Å². The smallest absolute Gasteiger partial charge is 0.244 e. The van der Waals surface area contributed by atoms with Gasteiger partial charge in [-0.1, -0.05) is 89.1 Å². The van der Waals surface area contributed by atoms with E-state index in [2.05, 4.69) is 16.7 Å². The molecule has 3 aromatic rings. The number of hydrogen-bond acceptors (Lipinski definition) is 4. The minimum atomic E-state index is -3.76. The number of sulfonamides is 1. The molecule has 0 aromatic heterocycles. The van der Waals surface area contributed by atoms with Gasteiger partial charge < -0.3 is 4.74 Å². The molecule has 1 fully saturated rings. The highest BCUT2D eigenvalue weighted by atomic mass is 35.5. The van der Waals surface area contributed by atoms with Crippen LogP contribution >= 0.6 is 23.2 Å². The third-order valence-electron chi connectivity index (χ3n) is 6.02. The number of benzene rings is 3. The lowest BCUT2D eigenvalue weighted by Crippen LogP contribution is -2.39. The molecule has 1 saturated heterocycles. The summed E-state index contributed by atoms with van der Waals surface area (Å²) in [5, 5.41) is 1.08. The molecule has 5 nitrogen and oxygen atoms in total. The predicted octanol–water partition coefficient (Wildman–Crippen LogP) is 5.57. The Labute approximate surface area is 223 Å². The van der Waals surface area contributed by atoms with Gasteiger partial charge in [-0.2, -0.15) is 4.31 Å². The summed E-state index contributed by atoms with van der Waals surface area (Å²) in [6, 6.07) is 21.5. The van der Waals surface area contributed by atoms with E-state index in [0.717, 1.165) is 16.7 Å². The van der Waals surface area contributed by atoms with Crippen molar-refractivity contribution in [1.82, 2.24) is 9.21 Å². The van der Waals surface area contributed by atoms with E-state index in [4.69, 9.17) is 27.9 Å². The zero-order chi connectivity index (χ0) is 25.5. The van der Waals surface area contributed by atoms with Crippen molar-refractivity contribution in [2.75, 3.05) is 32.8 Å². The van der Waals surface area contributed by atoms with Gasteiger partial charge >= 0.3 is 0 Å². The van der Waals surface area contributed by atoms with Crippen LogP contribution in [0.4, 0.5) is 0 Å². The quantitative estimate of drug-likeness (QED) is 0.366. The molecule has 1 aliphatic heterocycles. The molecule has 0 bridgehead atoms. The minimum Gasteiger partial charge on any atom is -0.379 e. The first kappa shape index (κ1) is 26.7. The lowest BCUT2D eigenvalue weighted by Gasteiger charge is -2.32. The van der Waals surface area contributed by atoms with Crippen LogP contribution in [0.25, 0.3) is 0 Å². The Balaban J connectivity index is 1.66. The highest BCUT2D eigenvalue weighted by molar-refractivity contribution is 7.89. The van der Waals surface area contributed by atoms with E-state index >= 15 is 0 Å². The van der Waals surface area contributed by atoms with Gasteiger partial charge in [0, 0.05) is 35.2 Å². The summed E-state index contributed by atoms with van der Waals surface area (Å²) in [6.45, 7) is 4.79. The van der Waals surface area contributed by atoms with Crippen molar-refractivity contribution >= 4 is 33.2 Å². The number of nitrogens with zero attached hydrogens (tertiary/aromatic N) is 2. The molecule has 0 N–H and O–H groups in total. The fraction of sp³-hybridized carbons (Fsp3) is 0.286. The second kappa shape index (κ2) is 12.2. The molecule has 0 saturated carbocycles. The van der Waals surface area contributed by atoms with Crippen LogP contribution in [0.15, 0.2) is 77.7 Å². The summed E-state index contributed by atoms with van der Waals surface area (Å²) < 4.78 is 34.1. The van der Waals surface area contributed by atoms with E-state index in [-0.39, 0.29) is 24.0 Å². The van der Waals surface area contributed by atoms with Gasteiger partial charge in [0.2, 0.25) is 10.0 Å². The first-order valence-corrected chi connectivity index (χ1v) is 13.9. The Bertz CT molecular complexity index is 1330. The minimum absolute atomic E-state index is 0.0388. The number of halogens is 2. The molecular formula is C28H28Cl2N2O3S. The number of morpholine rings is 1. The van der Waals surface area contributed by atoms with Crippen molar-refractivity contribution in [2.24, 2.45) is 0 Å². The number of aryl methyl sites for hydroxylation is 1. The van der Waals surface area contributed by atoms with Gasteiger partial charge in [-0.25, -0.2) is 8.42 Å². The molecule has 8 heteroatoms. The molecule has 3 aromatic carbocycles. The largest absolute Gasteiger partial charge is 0.379 e. The number of ether oxygens (including phenoxy) is 1. The first-order chi connectivity index (χ1) is 17.3. The van der Waals surface area contributed by atoms with Crippen LogP contribution in [0.1, 0.15) is 22.7 Å². The fourth-order valence-electron chi connectivity index (χ4n) is 4.03. The van der Waals surface area contributed by atoms with Crippen molar-refractivity contribution in [1.29, 1.82) is 0 Å². The Morgan fingerprint density at radius 3 is 2.36 bits per heavy atom. The topological polar surface area (TPSA) is 49.9 Å². The van der Waals surface area contributed by atoms with Gasteiger partial charge in [0.05, 0.1) is 30.7 Å². The Morgan fingerprint density at radius 1 is 1.00 bits per heavy atom. The van der Waals surface area contributed by atoms with E-state index in [0.29, 0.717) is 36.3 Å². The zero-order valence-electron chi connectivity index (χ0n) is 20.0. The average molecular weight is 544 g/mol. The van der Waals surface area contributed by atoms with Gasteiger partial charge in [-0.15, -0.1) is 0 Å². The molecule has 0 aliphatic carbocycles. The molecule has 188 valence electrons. The molecule has 0 spiro atoms. The first-order valence-electron chi connectivity index (χ1n) is 11.7. The van der Waals surface area contributed by atoms with Crippen LogP contribution in [0.3, 0.4) is 0 Å². The standard InChI is InChI=1S/C28H28Cl2N2O3S/c1-22-9-12-25(13-10-22)36(33,34)32(21-23-6-3-2-4-7-23)15-5-8-28(31-16-18-35-19-17-31)26-14-11-24(29)20-27(26)30/h2-4,6-7,9-14,20,28H,15-19,21H2,1H3. The second-order valence-electron chi connectivity index (χ2n) is 8.61. The van der Waals surface area contributed by atoms with Crippen LogP contribution in [0, 0.1) is 18.8 Å². The van der Waals surface area contributed by atoms with Crippen molar-refractivity contribution in [2.45, 2.75) is 24.4 Å². The SMILES string of the molecule is Cc1ccc(S(=O)(=O)N(CC#CC(c2ccc(Cl)cc2Cl)N2CCOCC2)Cc2ccccc2)cc1. The number of rotatable bonds is 7. The highest BCUT2D eigenvalue weighted by Crippen LogP contribution is 2.30. The van der Waals surface area contributed by atoms with Crippen molar-refractivity contribution < 1.29 is 13.2 Å². The third-order valence-corrected chi connectivity index (χ3v) is 8.39. The molecule has 0 radical (unpaired) electrons. The molecule has 0 amide bonds. The van der Waals surface area contributed by atoms with E-state index in [1.807, 2.05) is 43.3 Å². The molecule has 1 aliphatic rings. The summed E-state index contributed by atoms with van der Waals surface area (Å²) >= 11 is 12.7. The lowest BCUT2D eigenvalue weighted by molar-refractivity contribution is 0.0270. The van der Waals surface area contributed by atoms with Crippen LogP contribution in [0.5, 0.6) is 0 Å². The maximum absolute atomic E-state index is 13.6. The van der Waals surface area contributed by atoms with Crippen LogP contribution in [-0.4, -0.2) is 50.5 Å². The van der Waals surface area contributed by atoms with E-state index in [1.165, 1.54) is 4.31 Å². The molecular weight excluding hydrogens is 515 g/mol. The molecule has 4 rings (SSSR count). The van der Waals surface area contributed by atoms with Crippen molar-refractivity contribution in [3.8, 4) is 11.8 Å². The summed E-state index contributed by atoms with van der Waals surface area (Å²) in [5.74, 6) is 6.46. The Kier molecular flexibility index (Phi) is 9.08. The summed E-state index contributed by atoms with van der Waals surface area (Å²) in [5.41, 5.74) is 2.73. The van der Waals surface area contributed by atoms with Gasteiger partial charge in [-0.3, -0.25) is 4.90 Å². The molecule has 1 atom stereocenters. The predicted molar refractivity (Wildman–Crippen MR) is 145 cm³/mol. The zero-order valence-corrected chi connectivity index (χ0v) is 22.4. The normalized spacial score (nSPS) is 15.3. The van der Waals surface area contributed by atoms with Gasteiger partial charge in [-0.05, 0) is 36.8 Å². The van der Waals surface area contributed by atoms with Gasteiger partial charge in [0.25, 0.3) is 0 Å². The maximum atomic E-state index is 13.6. The Morgan fingerprint density at radius 2 is 1.69 bits per heavy atom. The van der Waals surface area contributed by atoms with Gasteiger partial charge in [0.15, 0.2) is 0 Å². The Hall–Kier alpha value is -2.37. The van der Waals surface area contributed by atoms with E-state index in [9.17, 15) is 8.42 Å².